The molecule has 1 aliphatic heterocycles. The molecule has 4 rings (SSSR count). The fraction of sp³-hybridized carbons (Fsp3) is 0.588. The summed E-state index contributed by atoms with van der Waals surface area (Å²) in [4.78, 5) is 26.6. The van der Waals surface area contributed by atoms with Crippen molar-refractivity contribution in [1.29, 1.82) is 0 Å². The molecule has 3 heterocycles. The second-order valence-corrected chi connectivity index (χ2v) is 6.66. The summed E-state index contributed by atoms with van der Waals surface area (Å²) in [6.07, 6.45) is 5.62. The van der Waals surface area contributed by atoms with Crippen molar-refractivity contribution in [3.05, 3.63) is 24.2 Å². The molecule has 1 unspecified atom stereocenters. The van der Waals surface area contributed by atoms with E-state index in [1.165, 1.54) is 19.3 Å². The van der Waals surface area contributed by atoms with Crippen LogP contribution in [0.3, 0.4) is 0 Å². The number of morpholine rings is 1. The molecule has 128 valence electrons. The van der Waals surface area contributed by atoms with Crippen molar-refractivity contribution >= 4 is 17.1 Å². The number of nitrogens with zero attached hydrogens (tertiary/aromatic N) is 3. The summed E-state index contributed by atoms with van der Waals surface area (Å²) in [5.74, 6) is 1.49. The van der Waals surface area contributed by atoms with Crippen LogP contribution in [0.1, 0.15) is 25.1 Å². The third-order valence-electron chi connectivity index (χ3n) is 5.00. The number of carbonyl (C=O) groups excluding carboxylic acids is 1. The Kier molecular flexibility index (Phi) is 4.44. The quantitative estimate of drug-likeness (QED) is 0.857. The molecule has 2 N–H and O–H groups in total. The summed E-state index contributed by atoms with van der Waals surface area (Å²) in [7, 11) is 0. The number of hydrogen-bond acceptors (Lipinski definition) is 5. The van der Waals surface area contributed by atoms with Crippen molar-refractivity contribution in [1.82, 2.24) is 25.2 Å². The van der Waals surface area contributed by atoms with Gasteiger partial charge in [-0.3, -0.25) is 9.69 Å². The number of nitrogens with one attached hydrogen (secondary N) is 2. The van der Waals surface area contributed by atoms with Gasteiger partial charge in [0.05, 0.1) is 25.3 Å². The van der Waals surface area contributed by atoms with E-state index in [2.05, 4.69) is 25.2 Å². The van der Waals surface area contributed by atoms with Crippen LogP contribution in [0.25, 0.3) is 11.2 Å². The molecule has 7 nitrogen and oxygen atoms in total. The van der Waals surface area contributed by atoms with Gasteiger partial charge in [-0.1, -0.05) is 6.42 Å². The molecule has 2 aromatic rings. The Balaban J connectivity index is 1.36. The molecule has 7 heteroatoms. The minimum Gasteiger partial charge on any atom is -0.378 e. The first kappa shape index (κ1) is 15.5. The van der Waals surface area contributed by atoms with Gasteiger partial charge in [-0.2, -0.15) is 0 Å². The molecular weight excluding hydrogens is 306 g/mol. The van der Waals surface area contributed by atoms with Crippen LogP contribution in [0.4, 0.5) is 0 Å². The van der Waals surface area contributed by atoms with E-state index in [0.29, 0.717) is 25.4 Å². The fourth-order valence-electron chi connectivity index (χ4n) is 3.37. The lowest BCUT2D eigenvalue weighted by molar-refractivity contribution is -0.133. The predicted molar refractivity (Wildman–Crippen MR) is 89.3 cm³/mol. The number of carbonyl (C=O) groups is 1. The number of hydrogen-bond donors (Lipinski definition) is 2. The number of aromatic nitrogens is 3. The average Bonchev–Trinajstić information content (AvgIpc) is 2.99. The second-order valence-electron chi connectivity index (χ2n) is 6.66. The van der Waals surface area contributed by atoms with Gasteiger partial charge in [-0.05, 0) is 30.9 Å². The van der Waals surface area contributed by atoms with Gasteiger partial charge >= 0.3 is 0 Å². The molecule has 2 fully saturated rings. The molecule has 1 saturated carbocycles. The lowest BCUT2D eigenvalue weighted by Gasteiger charge is -2.39. The van der Waals surface area contributed by atoms with Crippen LogP contribution in [0.2, 0.25) is 0 Å². The van der Waals surface area contributed by atoms with Gasteiger partial charge in [0.15, 0.2) is 5.65 Å². The predicted octanol–water partition coefficient (Wildman–Crippen LogP) is 1.07. The monoisotopic (exact) mass is 329 g/mol. The lowest BCUT2D eigenvalue weighted by Crippen LogP contribution is -2.55. The van der Waals surface area contributed by atoms with E-state index < -0.39 is 0 Å². The molecule has 0 radical (unpaired) electrons. The number of H-pyrrole nitrogens is 1. The zero-order chi connectivity index (χ0) is 16.4. The van der Waals surface area contributed by atoms with Crippen LogP contribution in [0, 0.1) is 5.92 Å². The number of amides is 1. The summed E-state index contributed by atoms with van der Waals surface area (Å²) in [6, 6.07) is 3.60. The van der Waals surface area contributed by atoms with Crippen LogP contribution in [0.5, 0.6) is 0 Å². The molecule has 1 amide bonds. The van der Waals surface area contributed by atoms with Gasteiger partial charge in [0.25, 0.3) is 0 Å². The number of ether oxygens (including phenoxy) is 1. The van der Waals surface area contributed by atoms with E-state index in [0.717, 1.165) is 30.3 Å². The van der Waals surface area contributed by atoms with Crippen molar-refractivity contribution in [2.75, 3.05) is 26.3 Å². The van der Waals surface area contributed by atoms with E-state index in [-0.39, 0.29) is 11.9 Å². The highest BCUT2D eigenvalue weighted by Crippen LogP contribution is 2.28. The largest absolute Gasteiger partial charge is 0.378 e. The Morgan fingerprint density at radius 2 is 2.38 bits per heavy atom. The van der Waals surface area contributed by atoms with Crippen LogP contribution in [0.15, 0.2) is 18.3 Å². The number of fused-ring (bicyclic) bond motifs is 1. The Morgan fingerprint density at radius 3 is 3.17 bits per heavy atom. The average molecular weight is 329 g/mol. The summed E-state index contributed by atoms with van der Waals surface area (Å²) >= 11 is 0. The highest BCUT2D eigenvalue weighted by atomic mass is 16.5. The van der Waals surface area contributed by atoms with Gasteiger partial charge < -0.3 is 15.0 Å². The van der Waals surface area contributed by atoms with Crippen LogP contribution < -0.4 is 5.32 Å². The third kappa shape index (κ3) is 3.27. The Labute approximate surface area is 140 Å². The third-order valence-corrected chi connectivity index (χ3v) is 5.00. The molecule has 0 bridgehead atoms. The summed E-state index contributed by atoms with van der Waals surface area (Å²) in [6.45, 7) is 3.41. The summed E-state index contributed by atoms with van der Waals surface area (Å²) in [5, 5.41) is 2.99. The lowest BCUT2D eigenvalue weighted by atomic mass is 9.84. The molecule has 24 heavy (non-hydrogen) atoms. The molecule has 2 aromatic heterocycles. The standard InChI is InChI=1S/C17H23N5O2/c23-17(14-11-24-8-7-22(14)10-12-3-1-4-12)19-9-15-20-13-5-2-6-18-16(13)21-15/h2,5-6,12,14H,1,3-4,7-11H2,(H,19,23)(H,18,20,21). The van der Waals surface area contributed by atoms with Crippen molar-refractivity contribution in [3.8, 4) is 0 Å². The normalized spacial score (nSPS) is 22.4. The van der Waals surface area contributed by atoms with Gasteiger partial charge in [0.2, 0.25) is 5.91 Å². The van der Waals surface area contributed by atoms with Crippen LogP contribution in [-0.2, 0) is 16.1 Å². The van der Waals surface area contributed by atoms with Gasteiger partial charge in [-0.25, -0.2) is 9.97 Å². The summed E-state index contributed by atoms with van der Waals surface area (Å²) in [5.41, 5.74) is 1.56. The maximum atomic E-state index is 12.6. The highest BCUT2D eigenvalue weighted by Gasteiger charge is 2.32. The smallest absolute Gasteiger partial charge is 0.240 e. The second kappa shape index (κ2) is 6.86. The zero-order valence-corrected chi connectivity index (χ0v) is 13.7. The van der Waals surface area contributed by atoms with E-state index in [9.17, 15) is 4.79 Å². The summed E-state index contributed by atoms with van der Waals surface area (Å²) < 4.78 is 5.53. The topological polar surface area (TPSA) is 83.1 Å². The SMILES string of the molecule is O=C(NCc1nc2ncccc2[nH]1)C1COCCN1CC1CCC1. The molecular formula is C17H23N5O2. The first-order valence-electron chi connectivity index (χ1n) is 8.69. The van der Waals surface area contributed by atoms with E-state index in [1.807, 2.05) is 12.1 Å². The molecule has 2 aliphatic rings. The van der Waals surface area contributed by atoms with Crippen molar-refractivity contribution in [2.24, 2.45) is 5.92 Å². The minimum absolute atomic E-state index is 0.0161. The fourth-order valence-corrected chi connectivity index (χ4v) is 3.37. The van der Waals surface area contributed by atoms with Crippen LogP contribution >= 0.6 is 0 Å². The number of imidazole rings is 1. The number of aromatic amines is 1. The van der Waals surface area contributed by atoms with E-state index >= 15 is 0 Å². The van der Waals surface area contributed by atoms with Gasteiger partial charge in [0.1, 0.15) is 11.9 Å². The molecule has 1 saturated heterocycles. The van der Waals surface area contributed by atoms with Crippen molar-refractivity contribution in [3.63, 3.8) is 0 Å². The molecule has 1 aliphatic carbocycles. The maximum Gasteiger partial charge on any atom is 0.240 e. The Hall–Kier alpha value is -1.99. The van der Waals surface area contributed by atoms with Crippen LogP contribution in [-0.4, -0.2) is 58.1 Å². The van der Waals surface area contributed by atoms with E-state index in [1.54, 1.807) is 6.20 Å². The highest BCUT2D eigenvalue weighted by molar-refractivity contribution is 5.82. The minimum atomic E-state index is -0.193. The van der Waals surface area contributed by atoms with Gasteiger partial charge in [-0.15, -0.1) is 0 Å². The van der Waals surface area contributed by atoms with Gasteiger partial charge in [0, 0.05) is 19.3 Å². The van der Waals surface area contributed by atoms with Crippen molar-refractivity contribution in [2.45, 2.75) is 31.8 Å². The zero-order valence-electron chi connectivity index (χ0n) is 13.7. The molecule has 0 spiro atoms. The number of rotatable bonds is 5. The Bertz CT molecular complexity index is 679. The van der Waals surface area contributed by atoms with Crippen molar-refractivity contribution < 1.29 is 9.53 Å². The number of pyridine rings is 1. The molecule has 1 atom stereocenters. The first-order valence-corrected chi connectivity index (χ1v) is 8.69. The Morgan fingerprint density at radius 1 is 1.46 bits per heavy atom. The first-order chi connectivity index (χ1) is 11.8. The maximum absolute atomic E-state index is 12.6. The van der Waals surface area contributed by atoms with E-state index in [4.69, 9.17) is 4.74 Å². The molecule has 0 aromatic carbocycles.